The lowest BCUT2D eigenvalue weighted by Gasteiger charge is -2.07. The number of benzene rings is 2. The zero-order chi connectivity index (χ0) is 19.8. The van der Waals surface area contributed by atoms with Crippen molar-refractivity contribution in [3.8, 4) is 5.13 Å². The molecule has 0 bridgehead atoms. The largest absolute Gasteiger partial charge is 0.310 e. The van der Waals surface area contributed by atoms with Crippen LogP contribution in [0.2, 0.25) is 5.02 Å². The minimum absolute atomic E-state index is 0.0969. The van der Waals surface area contributed by atoms with Crippen LogP contribution in [0.15, 0.2) is 42.5 Å². The molecule has 0 saturated heterocycles. The molecule has 0 unspecified atom stereocenters. The van der Waals surface area contributed by atoms with E-state index >= 15 is 0 Å². The zero-order valence-corrected chi connectivity index (χ0v) is 17.4. The molecule has 28 heavy (non-hydrogen) atoms. The fourth-order valence-electron chi connectivity index (χ4n) is 2.99. The fraction of sp³-hybridized carbons (Fsp3) is 0.190. The molecule has 1 amide bonds. The molecule has 0 aliphatic rings. The van der Waals surface area contributed by atoms with Crippen molar-refractivity contribution in [2.75, 3.05) is 5.32 Å². The summed E-state index contributed by atoms with van der Waals surface area (Å²) in [5.74, 6) is 0.503. The average Bonchev–Trinajstić information content (AvgIpc) is 3.25. The van der Waals surface area contributed by atoms with Crippen molar-refractivity contribution in [3.05, 3.63) is 69.9 Å². The Bertz CT molecular complexity index is 1140. The molecule has 142 valence electrons. The van der Waals surface area contributed by atoms with Crippen molar-refractivity contribution in [1.29, 1.82) is 0 Å². The number of amides is 1. The molecule has 0 fully saturated rings. The molecule has 2 heterocycles. The maximum absolute atomic E-state index is 12.5. The number of hydrogen-bond acceptors (Lipinski definition) is 4. The van der Waals surface area contributed by atoms with E-state index in [0.717, 1.165) is 27.0 Å². The van der Waals surface area contributed by atoms with Gasteiger partial charge in [0.05, 0.1) is 27.4 Å². The van der Waals surface area contributed by atoms with Gasteiger partial charge in [0.25, 0.3) is 0 Å². The molecule has 5 nitrogen and oxygen atoms in total. The van der Waals surface area contributed by atoms with Gasteiger partial charge in [-0.1, -0.05) is 58.8 Å². The average molecular weight is 411 g/mol. The van der Waals surface area contributed by atoms with Gasteiger partial charge in [-0.05, 0) is 38.0 Å². The maximum Gasteiger partial charge on any atom is 0.229 e. The monoisotopic (exact) mass is 410 g/mol. The number of aromatic nitrogens is 3. The number of nitrogens with one attached hydrogen (secondary N) is 1. The summed E-state index contributed by atoms with van der Waals surface area (Å²) in [4.78, 5) is 17.3. The third-order valence-corrected chi connectivity index (χ3v) is 5.94. The van der Waals surface area contributed by atoms with Crippen LogP contribution >= 0.6 is 22.9 Å². The number of rotatable bonds is 4. The number of nitrogens with zero attached hydrogens (tertiary/aromatic N) is 3. The third kappa shape index (κ3) is 3.66. The van der Waals surface area contributed by atoms with Gasteiger partial charge in [-0.3, -0.25) is 4.79 Å². The van der Waals surface area contributed by atoms with E-state index in [-0.39, 0.29) is 5.91 Å². The van der Waals surface area contributed by atoms with Gasteiger partial charge in [-0.15, -0.1) is 0 Å². The molecule has 1 N–H and O–H groups in total. The van der Waals surface area contributed by atoms with Gasteiger partial charge in [0.1, 0.15) is 5.82 Å². The summed E-state index contributed by atoms with van der Waals surface area (Å²) in [6.45, 7) is 5.91. The summed E-state index contributed by atoms with van der Waals surface area (Å²) in [7, 11) is 0. The van der Waals surface area contributed by atoms with E-state index in [1.165, 1.54) is 16.9 Å². The standard InChI is InChI=1S/C21H19ClN4OS/c1-12-4-7-15(8-5-12)11-18(27)23-17-10-14(3)25-26(17)21-24-19-13(2)6-9-16(22)20(19)28-21/h4-10H,11H2,1-3H3,(H,23,27). The highest BCUT2D eigenvalue weighted by Crippen LogP contribution is 2.34. The Morgan fingerprint density at radius 1 is 1.14 bits per heavy atom. The second-order valence-electron chi connectivity index (χ2n) is 6.83. The van der Waals surface area contributed by atoms with Gasteiger partial charge < -0.3 is 5.32 Å². The highest BCUT2D eigenvalue weighted by molar-refractivity contribution is 7.21. The van der Waals surface area contributed by atoms with Crippen molar-refractivity contribution in [2.45, 2.75) is 27.2 Å². The van der Waals surface area contributed by atoms with Crippen LogP contribution in [0.5, 0.6) is 0 Å². The highest BCUT2D eigenvalue weighted by Gasteiger charge is 2.16. The molecular weight excluding hydrogens is 392 g/mol. The lowest BCUT2D eigenvalue weighted by Crippen LogP contribution is -2.17. The summed E-state index contributed by atoms with van der Waals surface area (Å²) >= 11 is 7.79. The Kier molecular flexibility index (Phi) is 4.91. The predicted octanol–water partition coefficient (Wildman–Crippen LogP) is 5.24. The molecule has 2 aromatic heterocycles. The van der Waals surface area contributed by atoms with Crippen molar-refractivity contribution in [1.82, 2.24) is 14.8 Å². The molecule has 4 rings (SSSR count). The Balaban J connectivity index is 1.64. The van der Waals surface area contributed by atoms with Gasteiger partial charge >= 0.3 is 0 Å². The quantitative estimate of drug-likeness (QED) is 0.500. The summed E-state index contributed by atoms with van der Waals surface area (Å²) in [6, 6.07) is 13.6. The molecule has 0 saturated carbocycles. The Morgan fingerprint density at radius 3 is 2.61 bits per heavy atom. The molecule has 2 aromatic carbocycles. The van der Waals surface area contributed by atoms with Crippen LogP contribution in [0.4, 0.5) is 5.82 Å². The number of aryl methyl sites for hydroxylation is 3. The number of fused-ring (bicyclic) bond motifs is 1. The number of carbonyl (C=O) groups excluding carboxylic acids is 1. The minimum atomic E-state index is -0.0969. The van der Waals surface area contributed by atoms with Crippen LogP contribution < -0.4 is 5.32 Å². The van der Waals surface area contributed by atoms with Crippen molar-refractivity contribution >= 4 is 44.9 Å². The highest BCUT2D eigenvalue weighted by atomic mass is 35.5. The first-order valence-electron chi connectivity index (χ1n) is 8.89. The van der Waals surface area contributed by atoms with E-state index in [1.54, 1.807) is 4.68 Å². The summed E-state index contributed by atoms with van der Waals surface area (Å²) in [5.41, 5.74) is 4.84. The smallest absolute Gasteiger partial charge is 0.229 e. The molecule has 0 aliphatic carbocycles. The Morgan fingerprint density at radius 2 is 1.89 bits per heavy atom. The zero-order valence-electron chi connectivity index (χ0n) is 15.8. The first-order chi connectivity index (χ1) is 13.4. The maximum atomic E-state index is 12.5. The molecule has 0 spiro atoms. The van der Waals surface area contributed by atoms with Crippen LogP contribution in [0, 0.1) is 20.8 Å². The topological polar surface area (TPSA) is 59.8 Å². The lowest BCUT2D eigenvalue weighted by molar-refractivity contribution is -0.115. The van der Waals surface area contributed by atoms with Gasteiger partial charge in [0.15, 0.2) is 0 Å². The summed E-state index contributed by atoms with van der Waals surface area (Å²) in [6.07, 6.45) is 0.301. The first-order valence-corrected chi connectivity index (χ1v) is 10.1. The SMILES string of the molecule is Cc1ccc(CC(=O)Nc2cc(C)nn2-c2nc3c(C)ccc(Cl)c3s2)cc1. The molecule has 0 aliphatic heterocycles. The summed E-state index contributed by atoms with van der Waals surface area (Å²) < 4.78 is 2.59. The van der Waals surface area contributed by atoms with Crippen molar-refractivity contribution in [2.24, 2.45) is 0 Å². The molecule has 4 aromatic rings. The Hall–Kier alpha value is -2.70. The number of thiazole rings is 1. The van der Waals surface area contributed by atoms with Crippen molar-refractivity contribution in [3.63, 3.8) is 0 Å². The molecular formula is C21H19ClN4OS. The molecule has 0 atom stereocenters. The number of carbonyl (C=O) groups is 1. The van der Waals surface area contributed by atoms with E-state index in [4.69, 9.17) is 16.6 Å². The molecule has 0 radical (unpaired) electrons. The summed E-state index contributed by atoms with van der Waals surface area (Å²) in [5, 5.41) is 8.81. The van der Waals surface area contributed by atoms with Crippen LogP contribution in [-0.4, -0.2) is 20.7 Å². The Labute approximate surface area is 172 Å². The van der Waals surface area contributed by atoms with E-state index in [0.29, 0.717) is 22.4 Å². The first kappa shape index (κ1) is 18.7. The second-order valence-corrected chi connectivity index (χ2v) is 8.22. The van der Waals surface area contributed by atoms with Crippen molar-refractivity contribution < 1.29 is 4.79 Å². The van der Waals surface area contributed by atoms with E-state index in [2.05, 4.69) is 10.4 Å². The van der Waals surface area contributed by atoms with E-state index in [1.807, 2.05) is 63.2 Å². The number of anilines is 1. The second kappa shape index (κ2) is 7.37. The number of hydrogen-bond donors (Lipinski definition) is 1. The predicted molar refractivity (Wildman–Crippen MR) is 115 cm³/mol. The fourth-order valence-corrected chi connectivity index (χ4v) is 4.28. The van der Waals surface area contributed by atoms with Crippen LogP contribution in [0.25, 0.3) is 15.3 Å². The van der Waals surface area contributed by atoms with E-state index in [9.17, 15) is 4.79 Å². The van der Waals surface area contributed by atoms with Gasteiger partial charge in [-0.2, -0.15) is 9.78 Å². The van der Waals surface area contributed by atoms with Gasteiger partial charge in [0.2, 0.25) is 11.0 Å². The van der Waals surface area contributed by atoms with Gasteiger partial charge in [0, 0.05) is 6.07 Å². The van der Waals surface area contributed by atoms with Crippen LogP contribution in [-0.2, 0) is 11.2 Å². The number of halogens is 1. The lowest BCUT2D eigenvalue weighted by atomic mass is 10.1. The third-order valence-electron chi connectivity index (χ3n) is 4.45. The molecule has 7 heteroatoms. The normalized spacial score (nSPS) is 11.1. The van der Waals surface area contributed by atoms with E-state index < -0.39 is 0 Å². The minimum Gasteiger partial charge on any atom is -0.310 e. The van der Waals surface area contributed by atoms with Gasteiger partial charge in [-0.25, -0.2) is 4.98 Å². The van der Waals surface area contributed by atoms with Crippen LogP contribution in [0.3, 0.4) is 0 Å². The van der Waals surface area contributed by atoms with Crippen LogP contribution in [0.1, 0.15) is 22.4 Å².